The highest BCUT2D eigenvalue weighted by Crippen LogP contribution is 2.31. The number of rotatable bonds is 4. The lowest BCUT2D eigenvalue weighted by Crippen LogP contribution is -2.39. The predicted molar refractivity (Wildman–Crippen MR) is 64.2 cm³/mol. The molecule has 1 saturated carbocycles. The molecule has 7 nitrogen and oxygen atoms in total. The van der Waals surface area contributed by atoms with Crippen molar-refractivity contribution in [3.8, 4) is 0 Å². The van der Waals surface area contributed by atoms with Crippen LogP contribution in [0.25, 0.3) is 0 Å². The van der Waals surface area contributed by atoms with Crippen molar-refractivity contribution in [2.24, 2.45) is 7.05 Å². The normalized spacial score (nSPS) is 14.9. The zero-order chi connectivity index (χ0) is 12.6. The van der Waals surface area contributed by atoms with Gasteiger partial charge in [0.2, 0.25) is 0 Å². The molecule has 2 rings (SSSR count). The summed E-state index contributed by atoms with van der Waals surface area (Å²) in [6.07, 6.45) is 1.95. The summed E-state index contributed by atoms with van der Waals surface area (Å²) in [6.45, 7) is 0.286. The Bertz CT molecular complexity index is 529. The first-order chi connectivity index (χ1) is 8.06. The van der Waals surface area contributed by atoms with Gasteiger partial charge in [-0.2, -0.15) is 0 Å². The van der Waals surface area contributed by atoms with Crippen LogP contribution < -0.4 is 21.9 Å². The highest BCUT2D eigenvalue weighted by molar-refractivity contribution is 5.63. The summed E-state index contributed by atoms with van der Waals surface area (Å²) >= 11 is 0. The molecular formula is C10H16N4O3. The Balaban J connectivity index is 2.53. The molecule has 1 fully saturated rings. The van der Waals surface area contributed by atoms with Crippen LogP contribution in [0.4, 0.5) is 11.5 Å². The average molecular weight is 240 g/mol. The van der Waals surface area contributed by atoms with Crippen molar-refractivity contribution >= 4 is 11.5 Å². The van der Waals surface area contributed by atoms with Gasteiger partial charge in [-0.05, 0) is 12.8 Å². The van der Waals surface area contributed by atoms with Crippen molar-refractivity contribution in [1.29, 1.82) is 0 Å². The van der Waals surface area contributed by atoms with E-state index in [1.54, 1.807) is 4.90 Å². The molecule has 94 valence electrons. The lowest BCUT2D eigenvalue weighted by molar-refractivity contribution is 0.301. The minimum Gasteiger partial charge on any atom is -0.395 e. The van der Waals surface area contributed by atoms with E-state index in [4.69, 9.17) is 10.8 Å². The first-order valence-electron chi connectivity index (χ1n) is 5.52. The Kier molecular flexibility index (Phi) is 2.93. The van der Waals surface area contributed by atoms with Crippen LogP contribution in [0.5, 0.6) is 0 Å². The minimum atomic E-state index is -0.531. The van der Waals surface area contributed by atoms with Crippen LogP contribution in [0.1, 0.15) is 12.8 Å². The second-order valence-corrected chi connectivity index (χ2v) is 4.20. The van der Waals surface area contributed by atoms with Gasteiger partial charge in [0.25, 0.3) is 5.56 Å². The molecule has 0 saturated heterocycles. The number of nitrogens with two attached hydrogens (primary N) is 1. The Labute approximate surface area is 97.5 Å². The van der Waals surface area contributed by atoms with Crippen LogP contribution in [0.15, 0.2) is 9.59 Å². The number of nitrogen functional groups attached to an aromatic ring is 1. The summed E-state index contributed by atoms with van der Waals surface area (Å²) in [7, 11) is 1.50. The van der Waals surface area contributed by atoms with Gasteiger partial charge in [-0.1, -0.05) is 0 Å². The monoisotopic (exact) mass is 240 g/mol. The molecule has 0 radical (unpaired) electrons. The summed E-state index contributed by atoms with van der Waals surface area (Å²) in [5.74, 6) is 0.138. The van der Waals surface area contributed by atoms with Crippen molar-refractivity contribution in [1.82, 2.24) is 9.55 Å². The van der Waals surface area contributed by atoms with Gasteiger partial charge in [0.05, 0.1) is 6.61 Å². The fourth-order valence-electron chi connectivity index (χ4n) is 1.87. The van der Waals surface area contributed by atoms with Crippen molar-refractivity contribution in [3.63, 3.8) is 0 Å². The van der Waals surface area contributed by atoms with E-state index in [0.717, 1.165) is 12.8 Å². The molecular weight excluding hydrogens is 224 g/mol. The number of hydrogen-bond acceptors (Lipinski definition) is 5. The summed E-state index contributed by atoms with van der Waals surface area (Å²) in [5.41, 5.74) is 5.06. The quantitative estimate of drug-likeness (QED) is 0.601. The van der Waals surface area contributed by atoms with Crippen LogP contribution in [-0.4, -0.2) is 33.9 Å². The number of aliphatic hydroxyl groups is 1. The van der Waals surface area contributed by atoms with E-state index in [2.05, 4.69) is 4.98 Å². The number of aliphatic hydroxyl groups excluding tert-OH is 1. The maximum Gasteiger partial charge on any atom is 0.329 e. The largest absolute Gasteiger partial charge is 0.395 e. The molecule has 0 aromatic carbocycles. The van der Waals surface area contributed by atoms with E-state index in [0.29, 0.717) is 6.54 Å². The highest BCUT2D eigenvalue weighted by Gasteiger charge is 2.32. The number of anilines is 2. The number of aromatic amines is 1. The molecule has 1 aromatic rings. The van der Waals surface area contributed by atoms with E-state index in [1.165, 1.54) is 11.6 Å². The molecule has 4 N–H and O–H groups in total. The van der Waals surface area contributed by atoms with Gasteiger partial charge >= 0.3 is 5.69 Å². The number of hydrogen-bond donors (Lipinski definition) is 3. The summed E-state index contributed by atoms with van der Waals surface area (Å²) in [5, 5.41) is 9.02. The Morgan fingerprint density at radius 3 is 2.71 bits per heavy atom. The zero-order valence-electron chi connectivity index (χ0n) is 9.64. The molecule has 0 unspecified atom stereocenters. The molecule has 1 aliphatic carbocycles. The lowest BCUT2D eigenvalue weighted by atomic mass is 10.3. The van der Waals surface area contributed by atoms with E-state index >= 15 is 0 Å². The molecule has 1 aromatic heterocycles. The van der Waals surface area contributed by atoms with Crippen LogP contribution >= 0.6 is 0 Å². The van der Waals surface area contributed by atoms with Gasteiger partial charge < -0.3 is 15.7 Å². The first kappa shape index (κ1) is 11.7. The van der Waals surface area contributed by atoms with E-state index < -0.39 is 11.2 Å². The second-order valence-electron chi connectivity index (χ2n) is 4.20. The third kappa shape index (κ3) is 2.05. The maximum atomic E-state index is 11.8. The molecule has 7 heteroatoms. The molecule has 1 aliphatic rings. The van der Waals surface area contributed by atoms with Gasteiger partial charge in [0.1, 0.15) is 11.5 Å². The van der Waals surface area contributed by atoms with Crippen LogP contribution in [-0.2, 0) is 7.05 Å². The number of nitrogens with one attached hydrogen (secondary N) is 1. The number of H-pyrrole nitrogens is 1. The van der Waals surface area contributed by atoms with Gasteiger partial charge in [0, 0.05) is 19.6 Å². The second kappa shape index (κ2) is 4.25. The Morgan fingerprint density at radius 1 is 1.53 bits per heavy atom. The minimum absolute atomic E-state index is 0.0573. The molecule has 1 heterocycles. The predicted octanol–water partition coefficient (Wildman–Crippen LogP) is -1.38. The number of nitrogens with zero attached hydrogens (tertiary/aromatic N) is 2. The lowest BCUT2D eigenvalue weighted by Gasteiger charge is -2.24. The fraction of sp³-hybridized carbons (Fsp3) is 0.600. The molecule has 0 atom stereocenters. The standard InChI is InChI=1S/C10H16N4O3/c1-13-8(11)7(9(16)12-10(13)17)14(4-5-15)6-2-3-6/h6,15H,2-5,11H2,1H3,(H,12,16,17). The SMILES string of the molecule is Cn1c(N)c(N(CCO)C2CC2)c(=O)[nH]c1=O. The van der Waals surface area contributed by atoms with Crippen molar-refractivity contribution in [2.75, 3.05) is 23.8 Å². The Hall–Kier alpha value is -1.76. The van der Waals surface area contributed by atoms with Gasteiger partial charge in [-0.25, -0.2) is 4.79 Å². The fourth-order valence-corrected chi connectivity index (χ4v) is 1.87. The Morgan fingerprint density at radius 2 is 2.18 bits per heavy atom. The topological polar surface area (TPSA) is 104 Å². The first-order valence-corrected chi connectivity index (χ1v) is 5.52. The van der Waals surface area contributed by atoms with Gasteiger partial charge in [-0.3, -0.25) is 14.3 Å². The molecule has 0 bridgehead atoms. The average Bonchev–Trinajstić information content (AvgIpc) is 3.09. The van der Waals surface area contributed by atoms with E-state index in [9.17, 15) is 9.59 Å². The zero-order valence-corrected chi connectivity index (χ0v) is 9.64. The van der Waals surface area contributed by atoms with Crippen LogP contribution in [0, 0.1) is 0 Å². The maximum absolute atomic E-state index is 11.8. The molecule has 0 aliphatic heterocycles. The van der Waals surface area contributed by atoms with Gasteiger partial charge in [-0.15, -0.1) is 0 Å². The summed E-state index contributed by atoms with van der Waals surface area (Å²) in [4.78, 5) is 27.1. The van der Waals surface area contributed by atoms with E-state index in [-0.39, 0.29) is 24.2 Å². The molecule has 0 amide bonds. The molecule has 17 heavy (non-hydrogen) atoms. The summed E-state index contributed by atoms with van der Waals surface area (Å²) < 4.78 is 1.20. The van der Waals surface area contributed by atoms with Crippen LogP contribution in [0.2, 0.25) is 0 Å². The highest BCUT2D eigenvalue weighted by atomic mass is 16.3. The van der Waals surface area contributed by atoms with Crippen LogP contribution in [0.3, 0.4) is 0 Å². The van der Waals surface area contributed by atoms with Gasteiger partial charge in [0.15, 0.2) is 0 Å². The third-order valence-corrected chi connectivity index (χ3v) is 2.96. The summed E-state index contributed by atoms with van der Waals surface area (Å²) in [6, 6.07) is 0.239. The third-order valence-electron chi connectivity index (χ3n) is 2.96. The smallest absolute Gasteiger partial charge is 0.329 e. The van der Waals surface area contributed by atoms with Crippen molar-refractivity contribution < 1.29 is 5.11 Å². The molecule has 0 spiro atoms. The van der Waals surface area contributed by atoms with E-state index in [1.807, 2.05) is 0 Å². The number of aromatic nitrogens is 2. The van der Waals surface area contributed by atoms with Crippen molar-refractivity contribution in [2.45, 2.75) is 18.9 Å². The van der Waals surface area contributed by atoms with Crippen molar-refractivity contribution in [3.05, 3.63) is 20.8 Å².